The Balaban J connectivity index is 1.35. The van der Waals surface area contributed by atoms with Crippen LogP contribution in [0.25, 0.3) is 11.5 Å². The highest BCUT2D eigenvalue weighted by Crippen LogP contribution is 2.39. The van der Waals surface area contributed by atoms with Crippen LogP contribution in [0.15, 0.2) is 22.6 Å². The molecule has 4 atom stereocenters. The Morgan fingerprint density at radius 2 is 2.03 bits per heavy atom. The second-order valence-electron chi connectivity index (χ2n) is 8.84. The van der Waals surface area contributed by atoms with Gasteiger partial charge in [-0.15, -0.1) is 10.2 Å². The number of carbonyl (C=O) groups is 2. The summed E-state index contributed by atoms with van der Waals surface area (Å²) in [5, 5.41) is 10.2. The predicted octanol–water partition coefficient (Wildman–Crippen LogP) is 3.71. The molecule has 2 aliphatic carbocycles. The Morgan fingerprint density at radius 3 is 2.74 bits per heavy atom. The fraction of sp³-hybridized carbons (Fsp3) is 0.545. The molecule has 2 unspecified atom stereocenters. The maximum Gasteiger partial charge on any atom is 0.314 e. The van der Waals surface area contributed by atoms with Gasteiger partial charge in [-0.25, -0.2) is 0 Å². The van der Waals surface area contributed by atoms with E-state index in [-0.39, 0.29) is 35.7 Å². The molecule has 164 valence electrons. The molecule has 5 rings (SSSR count). The van der Waals surface area contributed by atoms with Crippen molar-refractivity contribution in [2.45, 2.75) is 64.1 Å². The lowest BCUT2D eigenvalue weighted by Gasteiger charge is -2.38. The smallest absolute Gasteiger partial charge is 0.314 e. The Hall–Kier alpha value is -2.84. The van der Waals surface area contributed by atoms with Crippen molar-refractivity contribution in [3.63, 3.8) is 0 Å². The normalized spacial score (nSPS) is 27.5. The second-order valence-corrected chi connectivity index (χ2v) is 8.84. The predicted molar refractivity (Wildman–Crippen MR) is 106 cm³/mol. The first kappa shape index (κ1) is 20.1. The van der Waals surface area contributed by atoms with Gasteiger partial charge < -0.3 is 14.6 Å². The molecule has 31 heavy (non-hydrogen) atoms. The van der Waals surface area contributed by atoms with E-state index in [1.165, 1.54) is 0 Å². The van der Waals surface area contributed by atoms with E-state index < -0.39 is 12.3 Å². The first-order valence-corrected chi connectivity index (χ1v) is 10.8. The van der Waals surface area contributed by atoms with Crippen molar-refractivity contribution in [3.8, 4) is 11.5 Å². The summed E-state index contributed by atoms with van der Waals surface area (Å²) in [6.07, 6.45) is 1.85. The van der Waals surface area contributed by atoms with Gasteiger partial charge in [0.25, 0.3) is 11.8 Å². The van der Waals surface area contributed by atoms with E-state index >= 15 is 0 Å². The third-order valence-electron chi connectivity index (χ3n) is 6.72. The van der Waals surface area contributed by atoms with E-state index in [0.717, 1.165) is 37.7 Å². The lowest BCUT2D eigenvalue weighted by molar-refractivity contribution is -0.124. The molecular weight excluding hydrogens is 406 g/mol. The van der Waals surface area contributed by atoms with Crippen LogP contribution in [-0.2, 0) is 11.3 Å². The number of rotatable bonds is 5. The SMILES string of the molecule is CC1CC1C(=O)N[C@@H]1CCCC[C@H]1N1Cc2ccc(-c3nnc(C(F)F)o3)cc2C1=O. The first-order valence-electron chi connectivity index (χ1n) is 10.8. The standard InChI is InChI=1S/C22H24F2N4O3/c1-11-8-14(11)19(29)25-16-4-2-3-5-17(16)28-10-13-7-6-12(9-15(13)22(28)30)20-26-27-21(31-20)18(23)24/h6-7,9,11,14,16-18H,2-5,8,10H2,1H3,(H,25,29)/t11?,14?,16-,17-/m1/s1. The van der Waals surface area contributed by atoms with Crippen LogP contribution in [0, 0.1) is 11.8 Å². The Bertz CT molecular complexity index is 1020. The van der Waals surface area contributed by atoms with Crippen LogP contribution in [0.1, 0.15) is 67.3 Å². The summed E-state index contributed by atoms with van der Waals surface area (Å²) >= 11 is 0. The molecule has 9 heteroatoms. The van der Waals surface area contributed by atoms with Gasteiger partial charge in [-0.2, -0.15) is 8.78 Å². The zero-order valence-electron chi connectivity index (χ0n) is 17.2. The van der Waals surface area contributed by atoms with Crippen molar-refractivity contribution < 1.29 is 22.8 Å². The number of alkyl halides is 2. The third-order valence-corrected chi connectivity index (χ3v) is 6.72. The molecular formula is C22H24F2N4O3. The summed E-state index contributed by atoms with van der Waals surface area (Å²) in [5.41, 5.74) is 1.82. The number of fused-ring (bicyclic) bond motifs is 1. The maximum atomic E-state index is 13.2. The molecule has 0 bridgehead atoms. The molecule has 7 nitrogen and oxygen atoms in total. The average Bonchev–Trinajstić information content (AvgIpc) is 3.16. The molecule has 1 aromatic heterocycles. The Kier molecular flexibility index (Phi) is 4.98. The largest absolute Gasteiger partial charge is 0.415 e. The van der Waals surface area contributed by atoms with Crippen LogP contribution in [0.2, 0.25) is 0 Å². The highest BCUT2D eigenvalue weighted by atomic mass is 19.3. The number of aromatic nitrogens is 2. The van der Waals surface area contributed by atoms with Gasteiger partial charge >= 0.3 is 6.43 Å². The van der Waals surface area contributed by atoms with E-state index in [9.17, 15) is 18.4 Å². The number of hydrogen-bond donors (Lipinski definition) is 1. The Morgan fingerprint density at radius 1 is 1.26 bits per heavy atom. The van der Waals surface area contributed by atoms with Gasteiger partial charge in [0.2, 0.25) is 11.8 Å². The van der Waals surface area contributed by atoms with Gasteiger partial charge in [0, 0.05) is 29.6 Å². The number of nitrogens with zero attached hydrogens (tertiary/aromatic N) is 3. The highest BCUT2D eigenvalue weighted by molar-refractivity contribution is 5.99. The average molecular weight is 430 g/mol. The number of hydrogen-bond acceptors (Lipinski definition) is 5. The molecule has 1 aliphatic heterocycles. The van der Waals surface area contributed by atoms with Crippen LogP contribution in [0.4, 0.5) is 8.78 Å². The molecule has 0 spiro atoms. The summed E-state index contributed by atoms with van der Waals surface area (Å²) in [4.78, 5) is 27.6. The molecule has 2 heterocycles. The summed E-state index contributed by atoms with van der Waals surface area (Å²) in [5.74, 6) is -0.254. The van der Waals surface area contributed by atoms with E-state index in [2.05, 4.69) is 22.4 Å². The van der Waals surface area contributed by atoms with Gasteiger partial charge in [0.1, 0.15) is 0 Å². The number of halogens is 2. The van der Waals surface area contributed by atoms with Crippen LogP contribution >= 0.6 is 0 Å². The van der Waals surface area contributed by atoms with Crippen molar-refractivity contribution in [1.82, 2.24) is 20.4 Å². The lowest BCUT2D eigenvalue weighted by atomic mass is 9.89. The van der Waals surface area contributed by atoms with Gasteiger partial charge in [-0.3, -0.25) is 9.59 Å². The summed E-state index contributed by atoms with van der Waals surface area (Å²) in [6, 6.07) is 5.03. The molecule has 0 saturated heterocycles. The van der Waals surface area contributed by atoms with Crippen LogP contribution in [0.3, 0.4) is 0 Å². The van der Waals surface area contributed by atoms with Crippen molar-refractivity contribution in [2.75, 3.05) is 0 Å². The molecule has 2 saturated carbocycles. The minimum atomic E-state index is -2.84. The van der Waals surface area contributed by atoms with Gasteiger partial charge in [0.15, 0.2) is 0 Å². The summed E-state index contributed by atoms with van der Waals surface area (Å²) in [7, 11) is 0. The van der Waals surface area contributed by atoms with E-state index in [4.69, 9.17) is 4.42 Å². The van der Waals surface area contributed by atoms with Gasteiger partial charge in [0.05, 0.1) is 6.04 Å². The number of amides is 2. The highest BCUT2D eigenvalue weighted by Gasteiger charge is 2.43. The minimum Gasteiger partial charge on any atom is -0.415 e. The number of carbonyl (C=O) groups excluding carboxylic acids is 2. The molecule has 2 aromatic rings. The monoisotopic (exact) mass is 430 g/mol. The summed E-state index contributed by atoms with van der Waals surface area (Å²) < 4.78 is 30.5. The first-order chi connectivity index (χ1) is 14.9. The summed E-state index contributed by atoms with van der Waals surface area (Å²) in [6.45, 7) is 2.55. The fourth-order valence-corrected chi connectivity index (χ4v) is 4.79. The minimum absolute atomic E-state index is 0.0364. The quantitative estimate of drug-likeness (QED) is 0.781. The van der Waals surface area contributed by atoms with Crippen molar-refractivity contribution in [3.05, 3.63) is 35.2 Å². The Labute approximate surface area is 178 Å². The van der Waals surface area contributed by atoms with Crippen LogP contribution in [-0.4, -0.2) is 39.0 Å². The number of benzene rings is 1. The van der Waals surface area contributed by atoms with E-state index in [1.54, 1.807) is 18.2 Å². The third kappa shape index (κ3) is 3.70. The van der Waals surface area contributed by atoms with Crippen molar-refractivity contribution >= 4 is 11.8 Å². The molecule has 0 radical (unpaired) electrons. The van der Waals surface area contributed by atoms with E-state index in [1.807, 2.05) is 4.90 Å². The molecule has 1 N–H and O–H groups in total. The second kappa shape index (κ2) is 7.69. The number of nitrogens with one attached hydrogen (secondary N) is 1. The topological polar surface area (TPSA) is 88.3 Å². The lowest BCUT2D eigenvalue weighted by Crippen LogP contribution is -2.53. The van der Waals surface area contributed by atoms with Gasteiger partial charge in [-0.1, -0.05) is 25.8 Å². The van der Waals surface area contributed by atoms with Crippen molar-refractivity contribution in [1.29, 1.82) is 0 Å². The van der Waals surface area contributed by atoms with Gasteiger partial charge in [-0.05, 0) is 42.9 Å². The molecule has 2 fully saturated rings. The molecule has 1 aromatic carbocycles. The molecule has 3 aliphatic rings. The van der Waals surface area contributed by atoms with Crippen LogP contribution in [0.5, 0.6) is 0 Å². The van der Waals surface area contributed by atoms with E-state index in [0.29, 0.717) is 23.6 Å². The van der Waals surface area contributed by atoms with Crippen LogP contribution < -0.4 is 5.32 Å². The zero-order chi connectivity index (χ0) is 21.7. The fourth-order valence-electron chi connectivity index (χ4n) is 4.79. The van der Waals surface area contributed by atoms with Crippen molar-refractivity contribution in [2.24, 2.45) is 11.8 Å². The zero-order valence-corrected chi connectivity index (χ0v) is 17.2. The molecule has 2 amide bonds. The maximum absolute atomic E-state index is 13.2.